The van der Waals surface area contributed by atoms with Gasteiger partial charge in [-0.05, 0) is 70.7 Å². The first-order chi connectivity index (χ1) is 11.8. The normalized spacial score (nSPS) is 21.9. The van der Waals surface area contributed by atoms with Gasteiger partial charge in [-0.2, -0.15) is 0 Å². The van der Waals surface area contributed by atoms with Crippen LogP contribution in [0.15, 0.2) is 24.3 Å². The summed E-state index contributed by atoms with van der Waals surface area (Å²) in [5, 5.41) is 0. The van der Waals surface area contributed by atoms with Gasteiger partial charge in [0.15, 0.2) is 0 Å². The van der Waals surface area contributed by atoms with Crippen LogP contribution in [0.5, 0.6) is 5.75 Å². The molecule has 0 N–H and O–H groups in total. The van der Waals surface area contributed by atoms with E-state index in [1.807, 2.05) is 31.2 Å². The second-order valence-electron chi connectivity index (χ2n) is 6.91. The molecule has 1 unspecified atom stereocenters. The zero-order valence-corrected chi connectivity index (χ0v) is 14.9. The maximum atomic E-state index is 13.1. The van der Waals surface area contributed by atoms with Crippen molar-refractivity contribution in [3.63, 3.8) is 0 Å². The molecular formula is C20H30N2O2. The van der Waals surface area contributed by atoms with Crippen molar-refractivity contribution in [1.82, 2.24) is 9.80 Å². The molecule has 0 spiro atoms. The van der Waals surface area contributed by atoms with Crippen LogP contribution >= 0.6 is 0 Å². The molecule has 2 heterocycles. The van der Waals surface area contributed by atoms with Crippen LogP contribution in [-0.4, -0.2) is 54.5 Å². The molecule has 24 heavy (non-hydrogen) atoms. The number of hydrogen-bond acceptors (Lipinski definition) is 3. The third kappa shape index (κ3) is 4.10. The minimum Gasteiger partial charge on any atom is -0.493 e. The van der Waals surface area contributed by atoms with Gasteiger partial charge in [0, 0.05) is 19.1 Å². The number of rotatable bonds is 6. The van der Waals surface area contributed by atoms with Crippen LogP contribution < -0.4 is 4.74 Å². The van der Waals surface area contributed by atoms with E-state index >= 15 is 0 Å². The van der Waals surface area contributed by atoms with Crippen molar-refractivity contribution < 1.29 is 9.53 Å². The average molecular weight is 330 g/mol. The number of para-hydroxylation sites is 1. The molecule has 4 heteroatoms. The van der Waals surface area contributed by atoms with Crippen molar-refractivity contribution in [2.75, 3.05) is 32.8 Å². The summed E-state index contributed by atoms with van der Waals surface area (Å²) >= 11 is 0. The van der Waals surface area contributed by atoms with Crippen LogP contribution in [0.1, 0.15) is 55.8 Å². The van der Waals surface area contributed by atoms with E-state index in [2.05, 4.69) is 9.80 Å². The summed E-state index contributed by atoms with van der Waals surface area (Å²) in [7, 11) is 0. The van der Waals surface area contributed by atoms with E-state index in [0.29, 0.717) is 24.0 Å². The van der Waals surface area contributed by atoms with Crippen LogP contribution in [0.2, 0.25) is 0 Å². The van der Waals surface area contributed by atoms with Crippen LogP contribution in [0.25, 0.3) is 0 Å². The number of carbonyl (C=O) groups is 1. The third-order valence-corrected chi connectivity index (χ3v) is 5.28. The van der Waals surface area contributed by atoms with Crippen molar-refractivity contribution in [3.05, 3.63) is 29.8 Å². The van der Waals surface area contributed by atoms with E-state index < -0.39 is 0 Å². The minimum absolute atomic E-state index is 0.144. The van der Waals surface area contributed by atoms with Gasteiger partial charge in [-0.3, -0.25) is 4.79 Å². The minimum atomic E-state index is 0.144. The van der Waals surface area contributed by atoms with Crippen molar-refractivity contribution in [3.8, 4) is 5.75 Å². The molecule has 2 aliphatic heterocycles. The number of carbonyl (C=O) groups excluding carboxylic acids is 1. The molecule has 2 aliphatic rings. The van der Waals surface area contributed by atoms with Crippen molar-refractivity contribution >= 4 is 5.91 Å². The van der Waals surface area contributed by atoms with Crippen LogP contribution in [0.3, 0.4) is 0 Å². The highest BCUT2D eigenvalue weighted by molar-refractivity contribution is 5.97. The van der Waals surface area contributed by atoms with Crippen LogP contribution in [-0.2, 0) is 0 Å². The number of ether oxygens (including phenoxy) is 1. The Morgan fingerprint density at radius 2 is 1.88 bits per heavy atom. The molecule has 1 aromatic rings. The highest BCUT2D eigenvalue weighted by atomic mass is 16.5. The zero-order chi connectivity index (χ0) is 16.8. The van der Waals surface area contributed by atoms with E-state index in [9.17, 15) is 4.79 Å². The maximum Gasteiger partial charge on any atom is 0.257 e. The summed E-state index contributed by atoms with van der Waals surface area (Å²) in [6.07, 6.45) is 7.24. The van der Waals surface area contributed by atoms with Crippen molar-refractivity contribution in [1.29, 1.82) is 0 Å². The number of nitrogens with zero attached hydrogens (tertiary/aromatic N) is 2. The van der Waals surface area contributed by atoms with Gasteiger partial charge < -0.3 is 14.5 Å². The molecule has 1 amide bonds. The summed E-state index contributed by atoms with van der Waals surface area (Å²) in [6, 6.07) is 8.04. The Morgan fingerprint density at radius 3 is 2.67 bits per heavy atom. The first-order valence-corrected chi connectivity index (χ1v) is 9.54. The molecule has 3 rings (SSSR count). The van der Waals surface area contributed by atoms with Gasteiger partial charge in [0.1, 0.15) is 5.75 Å². The standard InChI is InChI=1S/C20H30N2O2/c1-2-24-19-11-4-3-10-18(19)20(23)22-15-6-5-9-17(22)12-16-21-13-7-8-14-21/h3-4,10-11,17H,2,5-9,12-16H2,1H3. The summed E-state index contributed by atoms with van der Waals surface area (Å²) in [6.45, 7) is 7.01. The molecule has 2 saturated heterocycles. The Morgan fingerprint density at radius 1 is 1.12 bits per heavy atom. The number of amides is 1. The van der Waals surface area contributed by atoms with Crippen molar-refractivity contribution in [2.45, 2.75) is 51.5 Å². The molecule has 0 radical (unpaired) electrons. The maximum absolute atomic E-state index is 13.1. The quantitative estimate of drug-likeness (QED) is 0.799. The molecule has 132 valence electrons. The number of hydrogen-bond donors (Lipinski definition) is 0. The lowest BCUT2D eigenvalue weighted by Gasteiger charge is -2.37. The smallest absolute Gasteiger partial charge is 0.257 e. The highest BCUT2D eigenvalue weighted by Gasteiger charge is 2.29. The molecule has 2 fully saturated rings. The van der Waals surface area contributed by atoms with Gasteiger partial charge in [0.25, 0.3) is 5.91 Å². The Hall–Kier alpha value is -1.55. The van der Waals surface area contributed by atoms with Crippen LogP contribution in [0.4, 0.5) is 0 Å². The molecule has 0 aromatic heterocycles. The molecule has 1 aromatic carbocycles. The predicted octanol–water partition coefficient (Wildman–Crippen LogP) is 3.57. The Balaban J connectivity index is 1.68. The predicted molar refractivity (Wildman–Crippen MR) is 96.6 cm³/mol. The lowest BCUT2D eigenvalue weighted by atomic mass is 9.97. The number of piperidine rings is 1. The summed E-state index contributed by atoms with van der Waals surface area (Å²) in [5.41, 5.74) is 0.715. The molecule has 0 bridgehead atoms. The monoisotopic (exact) mass is 330 g/mol. The number of likely N-dealkylation sites (tertiary alicyclic amines) is 2. The fourth-order valence-electron chi connectivity index (χ4n) is 3.99. The summed E-state index contributed by atoms with van der Waals surface area (Å²) in [5.74, 6) is 0.860. The Bertz CT molecular complexity index is 540. The largest absolute Gasteiger partial charge is 0.493 e. The van der Waals surface area contributed by atoms with E-state index in [0.717, 1.165) is 32.4 Å². The fraction of sp³-hybridized carbons (Fsp3) is 0.650. The van der Waals surface area contributed by atoms with Gasteiger partial charge in [-0.25, -0.2) is 0 Å². The first kappa shape index (κ1) is 17.3. The molecule has 0 saturated carbocycles. The summed E-state index contributed by atoms with van der Waals surface area (Å²) < 4.78 is 5.67. The molecule has 0 aliphatic carbocycles. The molecule has 4 nitrogen and oxygen atoms in total. The van der Waals surface area contributed by atoms with Gasteiger partial charge >= 0.3 is 0 Å². The van der Waals surface area contributed by atoms with E-state index in [4.69, 9.17) is 4.74 Å². The van der Waals surface area contributed by atoms with Gasteiger partial charge in [0.05, 0.1) is 12.2 Å². The third-order valence-electron chi connectivity index (χ3n) is 5.28. The van der Waals surface area contributed by atoms with Gasteiger partial charge in [0.2, 0.25) is 0 Å². The first-order valence-electron chi connectivity index (χ1n) is 9.54. The van der Waals surface area contributed by atoms with Crippen LogP contribution in [0, 0.1) is 0 Å². The Labute approximate surface area is 145 Å². The lowest BCUT2D eigenvalue weighted by Crippen LogP contribution is -2.45. The molecular weight excluding hydrogens is 300 g/mol. The fourth-order valence-corrected chi connectivity index (χ4v) is 3.99. The summed E-state index contributed by atoms with van der Waals surface area (Å²) in [4.78, 5) is 17.8. The number of benzene rings is 1. The SMILES string of the molecule is CCOc1ccccc1C(=O)N1CCCCC1CCN1CCCC1. The highest BCUT2D eigenvalue weighted by Crippen LogP contribution is 2.26. The second kappa shape index (κ2) is 8.52. The second-order valence-corrected chi connectivity index (χ2v) is 6.91. The lowest BCUT2D eigenvalue weighted by molar-refractivity contribution is 0.0584. The topological polar surface area (TPSA) is 32.8 Å². The van der Waals surface area contributed by atoms with E-state index in [1.165, 1.54) is 32.4 Å². The van der Waals surface area contributed by atoms with Gasteiger partial charge in [-0.15, -0.1) is 0 Å². The van der Waals surface area contributed by atoms with E-state index in [-0.39, 0.29) is 5.91 Å². The van der Waals surface area contributed by atoms with Crippen molar-refractivity contribution in [2.24, 2.45) is 0 Å². The average Bonchev–Trinajstić information content (AvgIpc) is 3.14. The Kier molecular flexibility index (Phi) is 6.13. The van der Waals surface area contributed by atoms with Gasteiger partial charge in [-0.1, -0.05) is 12.1 Å². The molecule has 1 atom stereocenters. The van der Waals surface area contributed by atoms with E-state index in [1.54, 1.807) is 0 Å². The zero-order valence-electron chi connectivity index (χ0n) is 14.9.